The van der Waals surface area contributed by atoms with Crippen molar-refractivity contribution in [3.63, 3.8) is 0 Å². The summed E-state index contributed by atoms with van der Waals surface area (Å²) >= 11 is 6.09. The molecule has 0 heterocycles. The molecule has 1 atom stereocenters. The summed E-state index contributed by atoms with van der Waals surface area (Å²) in [6.07, 6.45) is 1.34. The number of nitrogens with one attached hydrogen (secondary N) is 1. The Bertz CT molecular complexity index is 1570. The number of amides is 2. The molecule has 0 aliphatic heterocycles. The van der Waals surface area contributed by atoms with Crippen LogP contribution in [0.4, 0.5) is 5.69 Å². The number of hydrogen-bond donors (Lipinski definition) is 1. The van der Waals surface area contributed by atoms with Crippen molar-refractivity contribution < 1.29 is 18.0 Å². The molecule has 4 rings (SSSR count). The topological polar surface area (TPSA) is 86.8 Å². The Morgan fingerprint density at radius 2 is 1.50 bits per heavy atom. The van der Waals surface area contributed by atoms with Crippen LogP contribution < -0.4 is 9.62 Å². The number of carbonyl (C=O) groups excluding carboxylic acids is 2. The summed E-state index contributed by atoms with van der Waals surface area (Å²) in [6, 6.07) is 28.3. The SMILES string of the molecule is CCNC(=O)C(Cc1ccccc1)N(Cc1ccc(Cl)cc1)C(=O)CN(c1cccc2ccccc12)S(C)(=O)=O. The van der Waals surface area contributed by atoms with Crippen LogP contribution in [0, 0.1) is 0 Å². The van der Waals surface area contributed by atoms with Crippen molar-refractivity contribution in [2.75, 3.05) is 23.7 Å². The molecule has 40 heavy (non-hydrogen) atoms. The maximum atomic E-state index is 14.1. The van der Waals surface area contributed by atoms with E-state index in [0.29, 0.717) is 22.6 Å². The van der Waals surface area contributed by atoms with Crippen LogP contribution in [0.3, 0.4) is 0 Å². The maximum Gasteiger partial charge on any atom is 0.244 e. The first-order valence-electron chi connectivity index (χ1n) is 13.0. The highest BCUT2D eigenvalue weighted by atomic mass is 35.5. The first-order valence-corrected chi connectivity index (χ1v) is 15.2. The van der Waals surface area contributed by atoms with E-state index in [4.69, 9.17) is 11.6 Å². The van der Waals surface area contributed by atoms with Gasteiger partial charge in [0.1, 0.15) is 12.6 Å². The van der Waals surface area contributed by atoms with Gasteiger partial charge in [0.25, 0.3) is 0 Å². The van der Waals surface area contributed by atoms with Gasteiger partial charge in [0, 0.05) is 29.9 Å². The molecule has 1 N–H and O–H groups in total. The second-order valence-electron chi connectivity index (χ2n) is 9.52. The van der Waals surface area contributed by atoms with Crippen molar-refractivity contribution in [1.82, 2.24) is 10.2 Å². The minimum Gasteiger partial charge on any atom is -0.355 e. The lowest BCUT2D eigenvalue weighted by Gasteiger charge is -2.33. The number of sulfonamides is 1. The van der Waals surface area contributed by atoms with Gasteiger partial charge in [0.15, 0.2) is 0 Å². The second-order valence-corrected chi connectivity index (χ2v) is 11.9. The lowest BCUT2D eigenvalue weighted by molar-refractivity contribution is -0.140. The van der Waals surface area contributed by atoms with Crippen LogP contribution in [0.1, 0.15) is 18.1 Å². The number of rotatable bonds is 11. The molecule has 4 aromatic carbocycles. The Hall–Kier alpha value is -3.88. The highest BCUT2D eigenvalue weighted by Crippen LogP contribution is 2.29. The Morgan fingerprint density at radius 3 is 2.17 bits per heavy atom. The van der Waals surface area contributed by atoms with Crippen LogP contribution in [0.5, 0.6) is 0 Å². The lowest BCUT2D eigenvalue weighted by atomic mass is 10.0. The van der Waals surface area contributed by atoms with Gasteiger partial charge in [-0.1, -0.05) is 90.5 Å². The summed E-state index contributed by atoms with van der Waals surface area (Å²) in [7, 11) is -3.86. The molecule has 0 aliphatic carbocycles. The third-order valence-electron chi connectivity index (χ3n) is 6.60. The van der Waals surface area contributed by atoms with Crippen molar-refractivity contribution in [2.45, 2.75) is 25.9 Å². The molecule has 1 unspecified atom stereocenters. The van der Waals surface area contributed by atoms with Gasteiger partial charge in [-0.15, -0.1) is 0 Å². The molecule has 0 aromatic heterocycles. The van der Waals surface area contributed by atoms with Crippen LogP contribution in [0.25, 0.3) is 10.8 Å². The minimum absolute atomic E-state index is 0.0950. The molecule has 4 aromatic rings. The van der Waals surface area contributed by atoms with Crippen molar-refractivity contribution in [3.8, 4) is 0 Å². The zero-order chi connectivity index (χ0) is 28.7. The average Bonchev–Trinajstić information content (AvgIpc) is 2.94. The predicted molar refractivity (Wildman–Crippen MR) is 161 cm³/mol. The Kier molecular flexibility index (Phi) is 9.45. The summed E-state index contributed by atoms with van der Waals surface area (Å²) in [5.41, 5.74) is 2.04. The van der Waals surface area contributed by atoms with Crippen molar-refractivity contribution in [2.24, 2.45) is 0 Å². The molecule has 7 nitrogen and oxygen atoms in total. The molecule has 0 spiro atoms. The number of halogens is 1. The fourth-order valence-corrected chi connectivity index (χ4v) is 5.64. The van der Waals surface area contributed by atoms with Gasteiger partial charge in [-0.05, 0) is 41.6 Å². The first-order chi connectivity index (χ1) is 19.2. The van der Waals surface area contributed by atoms with E-state index < -0.39 is 28.5 Å². The monoisotopic (exact) mass is 577 g/mol. The minimum atomic E-state index is -3.86. The Labute approximate surface area is 240 Å². The fourth-order valence-electron chi connectivity index (χ4n) is 4.65. The van der Waals surface area contributed by atoms with Crippen molar-refractivity contribution >= 4 is 49.9 Å². The first kappa shape index (κ1) is 29.1. The third-order valence-corrected chi connectivity index (χ3v) is 7.98. The van der Waals surface area contributed by atoms with Crippen LogP contribution in [0.15, 0.2) is 97.1 Å². The van der Waals surface area contributed by atoms with E-state index in [-0.39, 0.29) is 18.9 Å². The van der Waals surface area contributed by atoms with E-state index in [1.54, 1.807) is 36.4 Å². The largest absolute Gasteiger partial charge is 0.355 e. The number of fused-ring (bicyclic) bond motifs is 1. The molecule has 0 aliphatic rings. The Morgan fingerprint density at radius 1 is 0.850 bits per heavy atom. The van der Waals surface area contributed by atoms with Crippen molar-refractivity contribution in [3.05, 3.63) is 113 Å². The molecule has 0 saturated heterocycles. The number of nitrogens with zero attached hydrogens (tertiary/aromatic N) is 2. The van der Waals surface area contributed by atoms with Gasteiger partial charge >= 0.3 is 0 Å². The van der Waals surface area contributed by atoms with E-state index in [1.165, 1.54) is 4.90 Å². The van der Waals surface area contributed by atoms with E-state index in [1.807, 2.05) is 67.6 Å². The third kappa shape index (κ3) is 7.20. The lowest BCUT2D eigenvalue weighted by Crippen LogP contribution is -2.53. The molecular weight excluding hydrogens is 546 g/mol. The number of likely N-dealkylation sites (N-methyl/N-ethyl adjacent to an activating group) is 1. The molecule has 9 heteroatoms. The van der Waals surface area contributed by atoms with Crippen LogP contribution in [-0.4, -0.2) is 50.5 Å². The number of anilines is 1. The van der Waals surface area contributed by atoms with Gasteiger partial charge in [0.2, 0.25) is 21.8 Å². The summed E-state index contributed by atoms with van der Waals surface area (Å²) in [4.78, 5) is 29.0. The molecule has 2 amide bonds. The molecular formula is C31H32ClN3O4S. The summed E-state index contributed by atoms with van der Waals surface area (Å²) in [6.45, 7) is 1.83. The fraction of sp³-hybridized carbons (Fsp3) is 0.226. The van der Waals surface area contributed by atoms with Crippen LogP contribution in [0.2, 0.25) is 5.02 Å². The summed E-state index contributed by atoms with van der Waals surface area (Å²) in [5, 5.41) is 4.95. The zero-order valence-corrected chi connectivity index (χ0v) is 24.0. The number of hydrogen-bond acceptors (Lipinski definition) is 4. The van der Waals surface area contributed by atoms with Gasteiger partial charge in [-0.3, -0.25) is 13.9 Å². The smallest absolute Gasteiger partial charge is 0.244 e. The van der Waals surface area contributed by atoms with E-state index in [2.05, 4.69) is 5.32 Å². The highest BCUT2D eigenvalue weighted by Gasteiger charge is 2.33. The van der Waals surface area contributed by atoms with Crippen molar-refractivity contribution in [1.29, 1.82) is 0 Å². The number of benzene rings is 4. The molecule has 0 bridgehead atoms. The molecule has 0 radical (unpaired) electrons. The van der Waals surface area contributed by atoms with Gasteiger partial charge < -0.3 is 10.2 Å². The standard InChI is InChI=1S/C31H32ClN3O4S/c1-3-33-31(37)29(20-23-10-5-4-6-11-23)34(21-24-16-18-26(32)19-17-24)30(36)22-35(40(2,38)39)28-15-9-13-25-12-7-8-14-27(25)28/h4-19,29H,3,20-22H2,1-2H3,(H,33,37). The van der Waals surface area contributed by atoms with Crippen LogP contribution in [-0.2, 0) is 32.6 Å². The van der Waals surface area contributed by atoms with Gasteiger partial charge in [0.05, 0.1) is 11.9 Å². The number of carbonyl (C=O) groups is 2. The normalized spacial score (nSPS) is 12.1. The van der Waals surface area contributed by atoms with Gasteiger partial charge in [-0.25, -0.2) is 8.42 Å². The zero-order valence-electron chi connectivity index (χ0n) is 22.5. The average molecular weight is 578 g/mol. The summed E-state index contributed by atoms with van der Waals surface area (Å²) < 4.78 is 27.3. The maximum absolute atomic E-state index is 14.1. The van der Waals surface area contributed by atoms with E-state index in [9.17, 15) is 18.0 Å². The second kappa shape index (κ2) is 13.0. The Balaban J connectivity index is 1.77. The van der Waals surface area contributed by atoms with E-state index in [0.717, 1.165) is 27.1 Å². The quantitative estimate of drug-likeness (QED) is 0.271. The molecule has 0 fully saturated rings. The van der Waals surface area contributed by atoms with E-state index >= 15 is 0 Å². The predicted octanol–water partition coefficient (Wildman–Crippen LogP) is 5.04. The molecule has 0 saturated carbocycles. The van der Waals surface area contributed by atoms with Crippen LogP contribution >= 0.6 is 11.6 Å². The summed E-state index contributed by atoms with van der Waals surface area (Å²) in [5.74, 6) is -0.815. The highest BCUT2D eigenvalue weighted by molar-refractivity contribution is 7.92. The van der Waals surface area contributed by atoms with Gasteiger partial charge in [-0.2, -0.15) is 0 Å². The molecule has 208 valence electrons.